The van der Waals surface area contributed by atoms with Crippen LogP contribution in [0.25, 0.3) is 5.76 Å². The summed E-state index contributed by atoms with van der Waals surface area (Å²) in [7, 11) is 1.31. The first-order chi connectivity index (χ1) is 17.9. The Morgan fingerprint density at radius 1 is 1.05 bits per heavy atom. The molecule has 2 heterocycles. The first-order valence-electron chi connectivity index (χ1n) is 11.9. The van der Waals surface area contributed by atoms with E-state index in [0.717, 1.165) is 24.2 Å². The molecule has 0 saturated carbocycles. The third-order valence-electron chi connectivity index (χ3n) is 6.63. The van der Waals surface area contributed by atoms with Gasteiger partial charge in [0.1, 0.15) is 17.3 Å². The van der Waals surface area contributed by atoms with Gasteiger partial charge in [0, 0.05) is 11.3 Å². The molecular weight excluding hydrogens is 474 g/mol. The van der Waals surface area contributed by atoms with Gasteiger partial charge in [-0.05, 0) is 72.0 Å². The molecule has 2 aliphatic heterocycles. The van der Waals surface area contributed by atoms with Crippen LogP contribution in [0.15, 0.2) is 72.3 Å². The Balaban J connectivity index is 1.61. The summed E-state index contributed by atoms with van der Waals surface area (Å²) in [6.45, 7) is 0.628. The van der Waals surface area contributed by atoms with Crippen molar-refractivity contribution in [2.75, 3.05) is 18.6 Å². The molecule has 1 amide bonds. The number of aryl methyl sites for hydroxylation is 1. The Morgan fingerprint density at radius 2 is 1.78 bits per heavy atom. The number of methoxy groups -OCH3 is 1. The fourth-order valence-corrected chi connectivity index (χ4v) is 4.75. The Hall–Kier alpha value is -4.59. The standard InChI is InChI=1S/C29H25NO7/c1-36-24(32)15-17-4-9-21(10-5-17)30-26(18-6-11-22(31)12-7-18)25(28(34)29(30)35)27(33)20-8-13-23-19(16-20)3-2-14-37-23/h4-13,16,26,31,33H,2-3,14-15H2,1H3/b27-25-. The van der Waals surface area contributed by atoms with Gasteiger partial charge in [-0.25, -0.2) is 0 Å². The molecule has 1 fully saturated rings. The molecule has 2 N–H and O–H groups in total. The van der Waals surface area contributed by atoms with Gasteiger partial charge in [-0.2, -0.15) is 0 Å². The van der Waals surface area contributed by atoms with Gasteiger partial charge >= 0.3 is 5.97 Å². The molecule has 0 radical (unpaired) electrons. The maximum Gasteiger partial charge on any atom is 0.309 e. The molecule has 37 heavy (non-hydrogen) atoms. The lowest BCUT2D eigenvalue weighted by Crippen LogP contribution is -2.29. The van der Waals surface area contributed by atoms with Gasteiger partial charge in [0.05, 0.1) is 31.8 Å². The Bertz CT molecular complexity index is 1410. The van der Waals surface area contributed by atoms with Crippen LogP contribution in [-0.2, 0) is 32.0 Å². The van der Waals surface area contributed by atoms with Gasteiger partial charge < -0.3 is 19.7 Å². The number of rotatable bonds is 5. The van der Waals surface area contributed by atoms with Crippen molar-refractivity contribution in [2.45, 2.75) is 25.3 Å². The van der Waals surface area contributed by atoms with E-state index in [9.17, 15) is 24.6 Å². The van der Waals surface area contributed by atoms with Gasteiger partial charge in [-0.3, -0.25) is 19.3 Å². The summed E-state index contributed by atoms with van der Waals surface area (Å²) >= 11 is 0. The number of esters is 1. The van der Waals surface area contributed by atoms with Crippen molar-refractivity contribution in [3.63, 3.8) is 0 Å². The Morgan fingerprint density at radius 3 is 2.49 bits per heavy atom. The summed E-state index contributed by atoms with van der Waals surface area (Å²) in [6.07, 6.45) is 1.70. The number of benzene rings is 3. The van der Waals surface area contributed by atoms with Crippen molar-refractivity contribution in [3.8, 4) is 11.5 Å². The van der Waals surface area contributed by atoms with E-state index in [1.807, 2.05) is 0 Å². The molecule has 1 saturated heterocycles. The maximum absolute atomic E-state index is 13.4. The number of carbonyl (C=O) groups is 3. The topological polar surface area (TPSA) is 113 Å². The van der Waals surface area contributed by atoms with Crippen LogP contribution < -0.4 is 9.64 Å². The number of ketones is 1. The molecule has 188 valence electrons. The number of hydrogen-bond donors (Lipinski definition) is 2. The maximum atomic E-state index is 13.4. The minimum atomic E-state index is -0.931. The molecule has 2 aliphatic rings. The smallest absolute Gasteiger partial charge is 0.309 e. The molecule has 5 rings (SSSR count). The highest BCUT2D eigenvalue weighted by Gasteiger charge is 2.47. The number of amides is 1. The number of phenolic OH excluding ortho intramolecular Hbond substituents is 1. The number of aromatic hydroxyl groups is 1. The molecule has 1 unspecified atom stereocenters. The van der Waals surface area contributed by atoms with Gasteiger partial charge in [0.2, 0.25) is 0 Å². The molecule has 8 heteroatoms. The zero-order valence-corrected chi connectivity index (χ0v) is 20.1. The third-order valence-corrected chi connectivity index (χ3v) is 6.63. The number of hydrogen-bond acceptors (Lipinski definition) is 7. The van der Waals surface area contributed by atoms with Crippen molar-refractivity contribution in [1.82, 2.24) is 0 Å². The van der Waals surface area contributed by atoms with Crippen molar-refractivity contribution in [2.24, 2.45) is 0 Å². The number of aliphatic hydroxyl groups is 1. The van der Waals surface area contributed by atoms with Crippen LogP contribution in [0.2, 0.25) is 0 Å². The average molecular weight is 500 g/mol. The van der Waals surface area contributed by atoms with E-state index in [1.54, 1.807) is 54.6 Å². The van der Waals surface area contributed by atoms with E-state index < -0.39 is 23.7 Å². The molecule has 0 aromatic heterocycles. The Kier molecular flexibility index (Phi) is 6.40. The number of ether oxygens (including phenoxy) is 2. The summed E-state index contributed by atoms with van der Waals surface area (Å²) in [5, 5.41) is 21.2. The molecule has 1 atom stereocenters. The second-order valence-electron chi connectivity index (χ2n) is 8.95. The lowest BCUT2D eigenvalue weighted by atomic mass is 9.93. The second kappa shape index (κ2) is 9.81. The van der Waals surface area contributed by atoms with Crippen LogP contribution in [-0.4, -0.2) is 41.6 Å². The van der Waals surface area contributed by atoms with Crippen LogP contribution in [0.5, 0.6) is 11.5 Å². The summed E-state index contributed by atoms with van der Waals surface area (Å²) in [5.74, 6) is -1.51. The van der Waals surface area contributed by atoms with Gasteiger partial charge in [0.15, 0.2) is 0 Å². The van der Waals surface area contributed by atoms with E-state index in [-0.39, 0.29) is 23.5 Å². The number of anilines is 1. The van der Waals surface area contributed by atoms with Crippen LogP contribution >= 0.6 is 0 Å². The van der Waals surface area contributed by atoms with Crippen molar-refractivity contribution in [1.29, 1.82) is 0 Å². The van der Waals surface area contributed by atoms with Crippen LogP contribution in [0.1, 0.15) is 34.7 Å². The minimum absolute atomic E-state index is 0.0301. The van der Waals surface area contributed by atoms with E-state index in [2.05, 4.69) is 0 Å². The van der Waals surface area contributed by atoms with E-state index in [1.165, 1.54) is 24.1 Å². The van der Waals surface area contributed by atoms with Crippen molar-refractivity contribution in [3.05, 3.63) is 94.6 Å². The number of nitrogens with zero attached hydrogens (tertiary/aromatic N) is 1. The highest BCUT2D eigenvalue weighted by molar-refractivity contribution is 6.51. The number of aliphatic hydroxyl groups excluding tert-OH is 1. The number of fused-ring (bicyclic) bond motifs is 1. The molecule has 3 aromatic carbocycles. The minimum Gasteiger partial charge on any atom is -0.508 e. The molecule has 0 aliphatic carbocycles. The summed E-state index contributed by atoms with van der Waals surface area (Å²) in [4.78, 5) is 39.6. The lowest BCUT2D eigenvalue weighted by molar-refractivity contribution is -0.139. The van der Waals surface area contributed by atoms with Crippen molar-refractivity contribution < 1.29 is 34.1 Å². The zero-order valence-electron chi connectivity index (χ0n) is 20.1. The summed E-state index contributed by atoms with van der Waals surface area (Å²) in [5.41, 5.74) is 2.94. The number of carbonyl (C=O) groups excluding carboxylic acids is 3. The largest absolute Gasteiger partial charge is 0.508 e. The molecule has 0 bridgehead atoms. The summed E-state index contributed by atoms with van der Waals surface area (Å²) in [6, 6.07) is 17.1. The van der Waals surface area contributed by atoms with Crippen LogP contribution in [0, 0.1) is 0 Å². The first kappa shape index (κ1) is 24.1. The predicted molar refractivity (Wildman–Crippen MR) is 135 cm³/mol. The fraction of sp³-hybridized carbons (Fsp3) is 0.207. The normalized spacial score (nSPS) is 18.3. The molecule has 3 aromatic rings. The lowest BCUT2D eigenvalue weighted by Gasteiger charge is -2.26. The van der Waals surface area contributed by atoms with Gasteiger partial charge in [-0.1, -0.05) is 24.3 Å². The van der Waals surface area contributed by atoms with E-state index in [4.69, 9.17) is 9.47 Å². The third kappa shape index (κ3) is 4.53. The highest BCUT2D eigenvalue weighted by Crippen LogP contribution is 2.43. The predicted octanol–water partition coefficient (Wildman–Crippen LogP) is 4.06. The number of Topliss-reactive ketones (excluding diaryl/α,β-unsaturated/α-hetero) is 1. The van der Waals surface area contributed by atoms with Crippen molar-refractivity contribution >= 4 is 29.1 Å². The molecule has 0 spiro atoms. The molecule has 8 nitrogen and oxygen atoms in total. The van der Waals surface area contributed by atoms with Gasteiger partial charge in [0.25, 0.3) is 11.7 Å². The van der Waals surface area contributed by atoms with E-state index >= 15 is 0 Å². The highest BCUT2D eigenvalue weighted by atomic mass is 16.5. The average Bonchev–Trinajstić information content (AvgIpc) is 3.18. The zero-order chi connectivity index (χ0) is 26.1. The Labute approximate surface area is 213 Å². The molecular formula is C29H25NO7. The quantitative estimate of drug-likeness (QED) is 0.236. The van der Waals surface area contributed by atoms with Crippen LogP contribution in [0.4, 0.5) is 5.69 Å². The van der Waals surface area contributed by atoms with Crippen LogP contribution in [0.3, 0.4) is 0 Å². The summed E-state index contributed by atoms with van der Waals surface area (Å²) < 4.78 is 10.4. The SMILES string of the molecule is COC(=O)Cc1ccc(N2C(=O)C(=O)/C(=C(\O)c3ccc4c(c3)CCCO4)C2c2ccc(O)cc2)cc1. The van der Waals surface area contributed by atoms with E-state index in [0.29, 0.717) is 29.0 Å². The monoisotopic (exact) mass is 499 g/mol. The first-order valence-corrected chi connectivity index (χ1v) is 11.9. The van der Waals surface area contributed by atoms with Gasteiger partial charge in [-0.15, -0.1) is 0 Å². The number of phenols is 1. The fourth-order valence-electron chi connectivity index (χ4n) is 4.75. The second-order valence-corrected chi connectivity index (χ2v) is 8.95.